The maximum Gasteiger partial charge on any atom is 0.329 e. The molecule has 3 rings (SSSR count). The highest BCUT2D eigenvalue weighted by Crippen LogP contribution is 2.36. The summed E-state index contributed by atoms with van der Waals surface area (Å²) in [5.74, 6) is -3.27. The third-order valence-electron chi connectivity index (χ3n) is 4.98. The van der Waals surface area contributed by atoms with E-state index in [1.54, 1.807) is 0 Å². The lowest BCUT2D eigenvalue weighted by Gasteiger charge is -2.22. The lowest BCUT2D eigenvalue weighted by molar-refractivity contribution is -0.161. The molecule has 2 aliphatic heterocycles. The fraction of sp³-hybridized carbons (Fsp3) is 0.588. The molecule has 0 aromatic rings. The highest BCUT2D eigenvalue weighted by Gasteiger charge is 2.50. The van der Waals surface area contributed by atoms with E-state index in [9.17, 15) is 24.0 Å². The number of esters is 1. The van der Waals surface area contributed by atoms with Crippen molar-refractivity contribution in [2.75, 3.05) is 13.2 Å². The number of carbonyl (C=O) groups is 5. The Kier molecular flexibility index (Phi) is 4.69. The molecule has 2 fully saturated rings. The van der Waals surface area contributed by atoms with Crippen LogP contribution < -0.4 is 0 Å². The predicted octanol–water partition coefficient (Wildman–Crippen LogP) is 0.0183. The second-order valence-corrected chi connectivity index (χ2v) is 6.53. The highest BCUT2D eigenvalue weighted by atomic mass is 16.5. The van der Waals surface area contributed by atoms with Crippen LogP contribution in [0.5, 0.6) is 0 Å². The molecule has 0 N–H and O–H groups in total. The maximum absolute atomic E-state index is 12.4. The number of fused-ring (bicyclic) bond motifs is 1. The minimum Gasteiger partial charge on any atom is -0.454 e. The van der Waals surface area contributed by atoms with Gasteiger partial charge in [-0.3, -0.25) is 29.0 Å². The highest BCUT2D eigenvalue weighted by molar-refractivity contribution is 6.08. The quantitative estimate of drug-likeness (QED) is 0.403. The fourth-order valence-corrected chi connectivity index (χ4v) is 3.56. The summed E-state index contributed by atoms with van der Waals surface area (Å²) in [5, 5.41) is 0. The van der Waals surface area contributed by atoms with Gasteiger partial charge in [-0.2, -0.15) is 0 Å². The lowest BCUT2D eigenvalue weighted by atomic mass is 9.85. The molecule has 8 heteroatoms. The van der Waals surface area contributed by atoms with Gasteiger partial charge in [-0.25, -0.2) is 4.79 Å². The molecule has 0 spiro atoms. The largest absolute Gasteiger partial charge is 0.454 e. The summed E-state index contributed by atoms with van der Waals surface area (Å²) in [4.78, 5) is 62.5. The zero-order valence-corrected chi connectivity index (χ0v) is 14.0. The van der Waals surface area contributed by atoms with Gasteiger partial charge in [0, 0.05) is 13.0 Å². The van der Waals surface area contributed by atoms with E-state index in [1.807, 2.05) is 12.2 Å². The molecule has 8 nitrogen and oxygen atoms in total. The SMILES string of the molecule is C[C@@H](C(=O)OCC(=O)N1CCCC1=O)N1C(=O)[C@H]2CC=CC[C@H]2C1=O. The Morgan fingerprint density at radius 2 is 1.76 bits per heavy atom. The summed E-state index contributed by atoms with van der Waals surface area (Å²) >= 11 is 0. The Morgan fingerprint density at radius 3 is 2.28 bits per heavy atom. The van der Waals surface area contributed by atoms with Crippen LogP contribution in [-0.4, -0.2) is 58.6 Å². The number of hydrogen-bond acceptors (Lipinski definition) is 6. The van der Waals surface area contributed by atoms with Gasteiger partial charge in [-0.05, 0) is 26.2 Å². The van der Waals surface area contributed by atoms with E-state index < -0.39 is 36.4 Å². The molecule has 4 amide bonds. The molecule has 0 aromatic carbocycles. The van der Waals surface area contributed by atoms with Crippen LogP contribution in [0, 0.1) is 11.8 Å². The smallest absolute Gasteiger partial charge is 0.329 e. The van der Waals surface area contributed by atoms with Gasteiger partial charge in [0.1, 0.15) is 6.04 Å². The molecule has 134 valence electrons. The van der Waals surface area contributed by atoms with Crippen LogP contribution >= 0.6 is 0 Å². The van der Waals surface area contributed by atoms with Crippen molar-refractivity contribution >= 4 is 29.6 Å². The van der Waals surface area contributed by atoms with Crippen LogP contribution in [0.3, 0.4) is 0 Å². The summed E-state index contributed by atoms with van der Waals surface area (Å²) < 4.78 is 4.94. The van der Waals surface area contributed by atoms with Crippen molar-refractivity contribution < 1.29 is 28.7 Å². The van der Waals surface area contributed by atoms with Gasteiger partial charge < -0.3 is 4.74 Å². The number of hydrogen-bond donors (Lipinski definition) is 0. The summed E-state index contributed by atoms with van der Waals surface area (Å²) in [6.07, 6.45) is 5.62. The Bertz CT molecular complexity index is 644. The predicted molar refractivity (Wildman–Crippen MR) is 83.6 cm³/mol. The van der Waals surface area contributed by atoms with Gasteiger partial charge in [0.2, 0.25) is 17.7 Å². The molecule has 2 saturated heterocycles. The van der Waals surface area contributed by atoms with E-state index in [-0.39, 0.29) is 17.7 Å². The molecule has 25 heavy (non-hydrogen) atoms. The molecule has 0 bridgehead atoms. The van der Waals surface area contributed by atoms with Crippen LogP contribution in [0.2, 0.25) is 0 Å². The second kappa shape index (κ2) is 6.78. The number of likely N-dealkylation sites (tertiary alicyclic amines) is 2. The van der Waals surface area contributed by atoms with E-state index in [4.69, 9.17) is 4.74 Å². The molecule has 0 radical (unpaired) electrons. The first kappa shape index (κ1) is 17.3. The molecule has 0 aromatic heterocycles. The molecular weight excluding hydrogens is 328 g/mol. The number of allylic oxidation sites excluding steroid dienone is 2. The number of ether oxygens (including phenoxy) is 1. The van der Waals surface area contributed by atoms with Gasteiger partial charge >= 0.3 is 5.97 Å². The lowest BCUT2D eigenvalue weighted by Crippen LogP contribution is -2.45. The summed E-state index contributed by atoms with van der Waals surface area (Å²) in [6.45, 7) is 1.16. The van der Waals surface area contributed by atoms with Crippen molar-refractivity contribution in [3.63, 3.8) is 0 Å². The van der Waals surface area contributed by atoms with Crippen molar-refractivity contribution in [3.05, 3.63) is 12.2 Å². The third-order valence-corrected chi connectivity index (χ3v) is 4.98. The molecule has 2 heterocycles. The molecule has 3 aliphatic rings. The molecular formula is C17H20N2O6. The number of imide groups is 2. The number of carbonyl (C=O) groups excluding carboxylic acids is 5. The van der Waals surface area contributed by atoms with Crippen molar-refractivity contribution in [2.45, 2.75) is 38.6 Å². The second-order valence-electron chi connectivity index (χ2n) is 6.53. The van der Waals surface area contributed by atoms with Crippen LogP contribution in [-0.2, 0) is 28.7 Å². The Balaban J connectivity index is 1.59. The van der Waals surface area contributed by atoms with E-state index in [1.165, 1.54) is 6.92 Å². The van der Waals surface area contributed by atoms with Crippen molar-refractivity contribution in [3.8, 4) is 0 Å². The van der Waals surface area contributed by atoms with E-state index in [0.29, 0.717) is 32.2 Å². The van der Waals surface area contributed by atoms with Crippen molar-refractivity contribution in [1.29, 1.82) is 0 Å². The van der Waals surface area contributed by atoms with Crippen LogP contribution in [0.15, 0.2) is 12.2 Å². The molecule has 0 unspecified atom stereocenters. The van der Waals surface area contributed by atoms with E-state index >= 15 is 0 Å². The molecule has 3 atom stereocenters. The van der Waals surface area contributed by atoms with Gasteiger partial charge in [0.25, 0.3) is 5.91 Å². The van der Waals surface area contributed by atoms with Gasteiger partial charge in [0.15, 0.2) is 6.61 Å². The van der Waals surface area contributed by atoms with Gasteiger partial charge in [0.05, 0.1) is 11.8 Å². The monoisotopic (exact) mass is 348 g/mol. The zero-order valence-electron chi connectivity index (χ0n) is 14.0. The van der Waals surface area contributed by atoms with Crippen LogP contribution in [0.25, 0.3) is 0 Å². The zero-order chi connectivity index (χ0) is 18.1. The standard InChI is InChI=1S/C17H20N2O6/c1-10(17(24)25-9-14(21)18-8-4-7-13(18)20)19-15(22)11-5-2-3-6-12(11)16(19)23/h2-3,10-12H,4-9H2,1H3/t10-,11-,12+/m0/s1. The topological polar surface area (TPSA) is 101 Å². The van der Waals surface area contributed by atoms with E-state index in [2.05, 4.69) is 0 Å². The summed E-state index contributed by atoms with van der Waals surface area (Å²) in [7, 11) is 0. The molecule has 0 saturated carbocycles. The Labute approximate surface area is 144 Å². The minimum absolute atomic E-state index is 0.282. The van der Waals surface area contributed by atoms with Crippen LogP contribution in [0.1, 0.15) is 32.6 Å². The van der Waals surface area contributed by atoms with Crippen LogP contribution in [0.4, 0.5) is 0 Å². The summed E-state index contributed by atoms with van der Waals surface area (Å²) in [6, 6.07) is -1.09. The average Bonchev–Trinajstić information content (AvgIpc) is 3.14. The first-order valence-corrected chi connectivity index (χ1v) is 8.43. The number of rotatable bonds is 4. The first-order chi connectivity index (χ1) is 11.9. The Morgan fingerprint density at radius 1 is 1.16 bits per heavy atom. The van der Waals surface area contributed by atoms with Gasteiger partial charge in [-0.15, -0.1) is 0 Å². The fourth-order valence-electron chi connectivity index (χ4n) is 3.56. The number of amides is 4. The normalized spacial score (nSPS) is 26.8. The summed E-state index contributed by atoms with van der Waals surface area (Å²) in [5.41, 5.74) is 0. The van der Waals surface area contributed by atoms with Gasteiger partial charge in [-0.1, -0.05) is 12.2 Å². The minimum atomic E-state index is -1.09. The average molecular weight is 348 g/mol. The number of nitrogens with zero attached hydrogens (tertiary/aromatic N) is 2. The Hall–Kier alpha value is -2.51. The first-order valence-electron chi connectivity index (χ1n) is 8.43. The molecule has 1 aliphatic carbocycles. The van der Waals surface area contributed by atoms with Crippen molar-refractivity contribution in [2.24, 2.45) is 11.8 Å². The maximum atomic E-state index is 12.4. The van der Waals surface area contributed by atoms with E-state index in [0.717, 1.165) is 9.80 Å². The third kappa shape index (κ3) is 3.08. The van der Waals surface area contributed by atoms with Crippen molar-refractivity contribution in [1.82, 2.24) is 9.80 Å².